The highest BCUT2D eigenvalue weighted by Gasteiger charge is 2.61. The summed E-state index contributed by atoms with van der Waals surface area (Å²) in [7, 11) is 0. The fraction of sp³-hybridized carbons (Fsp3) is 0.259. The molecular formula is C27H25Cl2FN4O. The van der Waals surface area contributed by atoms with Gasteiger partial charge in [0, 0.05) is 34.6 Å². The van der Waals surface area contributed by atoms with E-state index in [0.717, 1.165) is 22.5 Å². The number of nitrogens with zero attached hydrogens (tertiary/aromatic N) is 1. The Kier molecular flexibility index (Phi) is 6.30. The topological polar surface area (TPSA) is 79.5 Å². The highest BCUT2D eigenvalue weighted by Crippen LogP contribution is 2.58. The smallest absolute Gasteiger partial charge is 0.238 e. The van der Waals surface area contributed by atoms with Gasteiger partial charge in [-0.25, -0.2) is 4.39 Å². The van der Waals surface area contributed by atoms with Crippen LogP contribution in [0.4, 0.5) is 10.1 Å². The van der Waals surface area contributed by atoms with Crippen LogP contribution in [0.5, 0.6) is 0 Å². The number of amidine groups is 1. The van der Waals surface area contributed by atoms with Gasteiger partial charge in [-0.05, 0) is 65.6 Å². The predicted octanol–water partition coefficient (Wildman–Crippen LogP) is 5.51. The van der Waals surface area contributed by atoms with Crippen LogP contribution in [-0.4, -0.2) is 24.8 Å². The van der Waals surface area contributed by atoms with Crippen molar-refractivity contribution in [2.45, 2.75) is 30.7 Å². The molecule has 3 atom stereocenters. The first-order valence-corrected chi connectivity index (χ1v) is 12.2. The Morgan fingerprint density at radius 3 is 2.69 bits per heavy atom. The van der Waals surface area contributed by atoms with Gasteiger partial charge in [0.05, 0.1) is 18.4 Å². The number of nitrogens with two attached hydrogens (primary N) is 1. The molecule has 2 aliphatic heterocycles. The Labute approximate surface area is 213 Å². The van der Waals surface area contributed by atoms with E-state index < -0.39 is 11.5 Å². The lowest BCUT2D eigenvalue weighted by Crippen LogP contribution is -2.57. The number of fused-ring (bicyclic) bond motifs is 2. The van der Waals surface area contributed by atoms with Gasteiger partial charge in [-0.3, -0.25) is 9.79 Å². The lowest BCUT2D eigenvalue weighted by Gasteiger charge is -2.48. The predicted molar refractivity (Wildman–Crippen MR) is 139 cm³/mol. The Bertz CT molecular complexity index is 1340. The molecule has 3 aromatic carbocycles. The van der Waals surface area contributed by atoms with Crippen LogP contribution in [0.25, 0.3) is 0 Å². The third-order valence-corrected chi connectivity index (χ3v) is 7.47. The van der Waals surface area contributed by atoms with Crippen molar-refractivity contribution >= 4 is 40.6 Å². The molecule has 180 valence electrons. The average Bonchev–Trinajstić information content (AvgIpc) is 3.11. The second kappa shape index (κ2) is 9.26. The number of carbonyl (C=O) groups is 1. The molecule has 0 radical (unpaired) electrons. The van der Waals surface area contributed by atoms with Gasteiger partial charge in [-0.1, -0.05) is 47.5 Å². The largest absolute Gasteiger partial charge is 0.366 e. The summed E-state index contributed by atoms with van der Waals surface area (Å²) in [6.07, 6.45) is 0.459. The SMILES string of the molecule is Cc1ccc(F)cc1[C@@H]1NC(=NCCN)CC(c2cccc(Cl)c2)C12C(=O)Nc1cc(Cl)ccc12. The first kappa shape index (κ1) is 23.8. The van der Waals surface area contributed by atoms with E-state index in [1.54, 1.807) is 24.3 Å². The van der Waals surface area contributed by atoms with Crippen LogP contribution < -0.4 is 16.4 Å². The average molecular weight is 511 g/mol. The number of amides is 1. The quantitative estimate of drug-likeness (QED) is 0.433. The van der Waals surface area contributed by atoms with Gasteiger partial charge < -0.3 is 16.4 Å². The molecule has 0 saturated carbocycles. The van der Waals surface area contributed by atoms with Gasteiger partial charge in [0.2, 0.25) is 5.91 Å². The van der Waals surface area contributed by atoms with Crippen molar-refractivity contribution in [3.63, 3.8) is 0 Å². The van der Waals surface area contributed by atoms with Crippen molar-refractivity contribution < 1.29 is 9.18 Å². The molecule has 2 unspecified atom stereocenters. The molecule has 2 heterocycles. The molecule has 0 bridgehead atoms. The Hall–Kier alpha value is -2.93. The normalized spacial score (nSPS) is 24.4. The van der Waals surface area contributed by atoms with Crippen LogP contribution in [0, 0.1) is 12.7 Å². The minimum atomic E-state index is -1.11. The molecule has 4 N–H and O–H groups in total. The fourth-order valence-corrected chi connectivity index (χ4v) is 5.89. The summed E-state index contributed by atoms with van der Waals surface area (Å²) in [5.41, 5.74) is 8.54. The number of anilines is 1. The Morgan fingerprint density at radius 1 is 1.11 bits per heavy atom. The van der Waals surface area contributed by atoms with E-state index >= 15 is 0 Å². The lowest BCUT2D eigenvalue weighted by atomic mass is 9.59. The number of piperidine rings is 1. The molecule has 5 nitrogen and oxygen atoms in total. The molecule has 5 rings (SSSR count). The van der Waals surface area contributed by atoms with Crippen LogP contribution in [0.15, 0.2) is 65.7 Å². The number of nitrogens with one attached hydrogen (secondary N) is 2. The maximum Gasteiger partial charge on any atom is 0.238 e. The van der Waals surface area contributed by atoms with Gasteiger partial charge in [0.1, 0.15) is 11.2 Å². The first-order valence-electron chi connectivity index (χ1n) is 11.5. The molecule has 1 fully saturated rings. The van der Waals surface area contributed by atoms with Crippen LogP contribution in [0.1, 0.15) is 40.6 Å². The summed E-state index contributed by atoms with van der Waals surface area (Å²) in [5.74, 6) is -0.176. The second-order valence-corrected chi connectivity index (χ2v) is 9.89. The van der Waals surface area contributed by atoms with E-state index in [0.29, 0.717) is 40.8 Å². The number of hydrogen-bond donors (Lipinski definition) is 3. The standard InChI is InChI=1S/C27H25Cl2FN4O/c1-15-5-7-19(30)13-20(15)25-27(21-8-6-18(29)12-23(21)33-26(27)35)22(14-24(34-25)32-10-9-31)16-3-2-4-17(28)11-16/h2-8,11-13,22,25H,9-10,14,31H2,1H3,(H,32,34)(H,33,35)/t22?,25-,27?/m0/s1. The summed E-state index contributed by atoms with van der Waals surface area (Å²) in [6.45, 7) is 2.74. The Balaban J connectivity index is 1.82. The number of halogens is 3. The fourth-order valence-electron chi connectivity index (χ4n) is 5.52. The minimum Gasteiger partial charge on any atom is -0.366 e. The highest BCUT2D eigenvalue weighted by atomic mass is 35.5. The molecule has 1 amide bonds. The highest BCUT2D eigenvalue weighted by molar-refractivity contribution is 6.31. The monoisotopic (exact) mass is 510 g/mol. The summed E-state index contributed by atoms with van der Waals surface area (Å²) in [4.78, 5) is 18.8. The number of benzene rings is 3. The minimum absolute atomic E-state index is 0.182. The van der Waals surface area contributed by atoms with E-state index in [9.17, 15) is 9.18 Å². The molecule has 1 spiro atoms. The first-order chi connectivity index (χ1) is 16.8. The molecule has 1 saturated heterocycles. The van der Waals surface area contributed by atoms with Crippen LogP contribution in [0.2, 0.25) is 10.0 Å². The van der Waals surface area contributed by atoms with E-state index in [4.69, 9.17) is 28.9 Å². The van der Waals surface area contributed by atoms with Crippen molar-refractivity contribution in [1.82, 2.24) is 5.32 Å². The van der Waals surface area contributed by atoms with Crippen molar-refractivity contribution in [1.29, 1.82) is 0 Å². The zero-order chi connectivity index (χ0) is 24.7. The third kappa shape index (κ3) is 3.99. The number of aliphatic imine (C=N–C) groups is 1. The second-order valence-electron chi connectivity index (χ2n) is 9.02. The summed E-state index contributed by atoms with van der Waals surface area (Å²) < 4.78 is 14.6. The van der Waals surface area contributed by atoms with E-state index in [-0.39, 0.29) is 17.6 Å². The van der Waals surface area contributed by atoms with Crippen LogP contribution in [-0.2, 0) is 10.2 Å². The van der Waals surface area contributed by atoms with Crippen molar-refractivity contribution in [3.05, 3.63) is 98.8 Å². The lowest BCUT2D eigenvalue weighted by molar-refractivity contribution is -0.123. The van der Waals surface area contributed by atoms with Crippen molar-refractivity contribution in [3.8, 4) is 0 Å². The zero-order valence-electron chi connectivity index (χ0n) is 19.1. The van der Waals surface area contributed by atoms with Gasteiger partial charge in [0.25, 0.3) is 0 Å². The summed E-state index contributed by atoms with van der Waals surface area (Å²) in [5, 5.41) is 7.66. The molecule has 35 heavy (non-hydrogen) atoms. The molecule has 0 aromatic heterocycles. The van der Waals surface area contributed by atoms with Crippen LogP contribution >= 0.6 is 23.2 Å². The van der Waals surface area contributed by atoms with E-state index in [1.807, 2.05) is 31.2 Å². The molecule has 3 aromatic rings. The molecule has 2 aliphatic rings. The van der Waals surface area contributed by atoms with Gasteiger partial charge in [-0.2, -0.15) is 0 Å². The number of rotatable bonds is 4. The van der Waals surface area contributed by atoms with E-state index in [2.05, 4.69) is 15.6 Å². The number of carbonyl (C=O) groups excluding carboxylic acids is 1. The molecule has 8 heteroatoms. The Morgan fingerprint density at radius 2 is 1.91 bits per heavy atom. The van der Waals surface area contributed by atoms with Crippen LogP contribution in [0.3, 0.4) is 0 Å². The zero-order valence-corrected chi connectivity index (χ0v) is 20.6. The van der Waals surface area contributed by atoms with Gasteiger partial charge in [-0.15, -0.1) is 0 Å². The number of hydrogen-bond acceptors (Lipinski definition) is 3. The molecular weight excluding hydrogens is 486 g/mol. The summed E-state index contributed by atoms with van der Waals surface area (Å²) >= 11 is 12.7. The maximum atomic E-state index is 14.6. The van der Waals surface area contributed by atoms with Crippen molar-refractivity contribution in [2.75, 3.05) is 18.4 Å². The maximum absolute atomic E-state index is 14.6. The number of aryl methyl sites for hydroxylation is 1. The van der Waals surface area contributed by atoms with Gasteiger partial charge >= 0.3 is 0 Å². The van der Waals surface area contributed by atoms with E-state index in [1.165, 1.54) is 12.1 Å². The van der Waals surface area contributed by atoms with Gasteiger partial charge in [0.15, 0.2) is 0 Å². The third-order valence-electron chi connectivity index (χ3n) is 7.00. The van der Waals surface area contributed by atoms with Crippen molar-refractivity contribution in [2.24, 2.45) is 10.7 Å². The molecule has 0 aliphatic carbocycles. The summed E-state index contributed by atoms with van der Waals surface area (Å²) in [6, 6.07) is 17.0.